The Morgan fingerprint density at radius 1 is 0.889 bits per heavy atom. The van der Waals surface area contributed by atoms with Gasteiger partial charge in [0, 0.05) is 6.20 Å². The third-order valence-electron chi connectivity index (χ3n) is 5.35. The zero-order valence-corrected chi connectivity index (χ0v) is 20.7. The van der Waals surface area contributed by atoms with Crippen LogP contribution in [0.3, 0.4) is 0 Å². The number of anilines is 1. The molecule has 0 radical (unpaired) electrons. The van der Waals surface area contributed by atoms with Crippen LogP contribution in [-0.4, -0.2) is 40.6 Å². The minimum absolute atomic E-state index is 0.0635. The molecule has 1 amide bonds. The smallest absolute Gasteiger partial charge is 0.295 e. The number of hydrogen-bond donors (Lipinski definition) is 0. The largest absolute Gasteiger partial charge is 0.493 e. The van der Waals surface area contributed by atoms with E-state index >= 15 is 0 Å². The summed E-state index contributed by atoms with van der Waals surface area (Å²) < 4.78 is 47.6. The summed E-state index contributed by atoms with van der Waals surface area (Å²) in [7, 11) is 0.576. The Labute approximate surface area is 208 Å². The zero-order valence-electron chi connectivity index (χ0n) is 19.9. The number of sulfone groups is 1. The first-order chi connectivity index (χ1) is 17.4. The molecule has 0 aliphatic heterocycles. The number of aromatic nitrogens is 1. The second-order valence-corrected chi connectivity index (χ2v) is 9.43. The maximum atomic E-state index is 13.6. The van der Waals surface area contributed by atoms with Gasteiger partial charge in [-0.15, -0.1) is 0 Å². The summed E-state index contributed by atoms with van der Waals surface area (Å²) in [4.78, 5) is 19.3. The molecule has 0 atom stereocenters. The summed E-state index contributed by atoms with van der Waals surface area (Å²) in [5, 5.41) is -0.328. The number of methoxy groups -OCH3 is 3. The van der Waals surface area contributed by atoms with Crippen molar-refractivity contribution in [3.05, 3.63) is 90.3 Å². The molecule has 2 aromatic heterocycles. The Morgan fingerprint density at radius 2 is 1.56 bits per heavy atom. The lowest BCUT2D eigenvalue weighted by Crippen LogP contribution is -2.31. The first-order valence-electron chi connectivity index (χ1n) is 10.8. The normalized spacial score (nSPS) is 11.1. The lowest BCUT2D eigenvalue weighted by atomic mass is 10.1. The molecular formula is C26H24N2O7S. The van der Waals surface area contributed by atoms with E-state index in [4.69, 9.17) is 18.6 Å². The second-order valence-electron chi connectivity index (χ2n) is 7.55. The molecule has 10 heteroatoms. The van der Waals surface area contributed by atoms with E-state index in [1.54, 1.807) is 54.7 Å². The molecule has 2 aromatic carbocycles. The summed E-state index contributed by atoms with van der Waals surface area (Å²) in [5.41, 5.74) is 0.659. The molecule has 0 saturated carbocycles. The van der Waals surface area contributed by atoms with Crippen molar-refractivity contribution in [2.24, 2.45) is 0 Å². The molecule has 0 fully saturated rings. The molecule has 0 spiro atoms. The second kappa shape index (κ2) is 10.5. The third kappa shape index (κ3) is 4.89. The predicted molar refractivity (Wildman–Crippen MR) is 131 cm³/mol. The van der Waals surface area contributed by atoms with Gasteiger partial charge in [-0.25, -0.2) is 13.4 Å². The quantitative estimate of drug-likeness (QED) is 0.328. The van der Waals surface area contributed by atoms with Crippen LogP contribution in [0, 0.1) is 0 Å². The SMILES string of the molecule is COc1cc(CN(C(=O)c2ccc(S(=O)(=O)c3ccccc3)o2)c2ccccn2)cc(OC)c1OC. The fraction of sp³-hybridized carbons (Fsp3) is 0.154. The van der Waals surface area contributed by atoms with Crippen molar-refractivity contribution in [1.82, 2.24) is 4.98 Å². The maximum absolute atomic E-state index is 13.6. The Kier molecular flexibility index (Phi) is 7.25. The molecule has 9 nitrogen and oxygen atoms in total. The summed E-state index contributed by atoms with van der Waals surface area (Å²) in [6, 6.07) is 19.0. The Morgan fingerprint density at radius 3 is 2.14 bits per heavy atom. The number of benzene rings is 2. The van der Waals surface area contributed by atoms with Crippen LogP contribution in [0.15, 0.2) is 93.4 Å². The van der Waals surface area contributed by atoms with Gasteiger partial charge in [0.05, 0.1) is 32.8 Å². The monoisotopic (exact) mass is 508 g/mol. The molecule has 0 saturated heterocycles. The highest BCUT2D eigenvalue weighted by atomic mass is 32.2. The van der Waals surface area contributed by atoms with Crippen molar-refractivity contribution in [3.8, 4) is 17.2 Å². The van der Waals surface area contributed by atoms with Gasteiger partial charge in [0.15, 0.2) is 17.3 Å². The highest BCUT2D eigenvalue weighted by Gasteiger charge is 2.27. The van der Waals surface area contributed by atoms with Gasteiger partial charge in [0.25, 0.3) is 5.91 Å². The van der Waals surface area contributed by atoms with E-state index in [1.165, 1.54) is 50.5 Å². The zero-order chi connectivity index (χ0) is 25.7. The molecule has 0 aliphatic carbocycles. The van der Waals surface area contributed by atoms with Crippen LogP contribution in [0.2, 0.25) is 0 Å². The third-order valence-corrected chi connectivity index (χ3v) is 6.99. The van der Waals surface area contributed by atoms with Gasteiger partial charge in [-0.1, -0.05) is 24.3 Å². The van der Waals surface area contributed by atoms with Crippen molar-refractivity contribution in [3.63, 3.8) is 0 Å². The Balaban J connectivity index is 1.71. The molecule has 4 aromatic rings. The molecule has 0 bridgehead atoms. The Bertz CT molecular complexity index is 1430. The van der Waals surface area contributed by atoms with Gasteiger partial charge < -0.3 is 18.6 Å². The van der Waals surface area contributed by atoms with Crippen molar-refractivity contribution >= 4 is 21.6 Å². The minimum Gasteiger partial charge on any atom is -0.493 e. The van der Waals surface area contributed by atoms with E-state index in [-0.39, 0.29) is 22.3 Å². The maximum Gasteiger partial charge on any atom is 0.295 e. The number of ether oxygens (including phenoxy) is 3. The topological polar surface area (TPSA) is 108 Å². The van der Waals surface area contributed by atoms with Gasteiger partial charge in [0.2, 0.25) is 20.7 Å². The number of carbonyl (C=O) groups is 1. The van der Waals surface area contributed by atoms with Gasteiger partial charge in [-0.2, -0.15) is 0 Å². The van der Waals surface area contributed by atoms with Crippen LogP contribution in [0.4, 0.5) is 5.82 Å². The fourth-order valence-electron chi connectivity index (χ4n) is 3.61. The van der Waals surface area contributed by atoms with Gasteiger partial charge in [0.1, 0.15) is 5.82 Å². The van der Waals surface area contributed by atoms with Crippen molar-refractivity contribution in [2.45, 2.75) is 16.5 Å². The van der Waals surface area contributed by atoms with E-state index in [2.05, 4.69) is 4.98 Å². The van der Waals surface area contributed by atoms with Crippen molar-refractivity contribution < 1.29 is 31.8 Å². The molecule has 0 N–H and O–H groups in total. The number of furan rings is 1. The average molecular weight is 509 g/mol. The van der Waals surface area contributed by atoms with Gasteiger partial charge >= 0.3 is 0 Å². The number of hydrogen-bond acceptors (Lipinski definition) is 8. The molecule has 2 heterocycles. The molecular weight excluding hydrogens is 484 g/mol. The fourth-order valence-corrected chi connectivity index (χ4v) is 4.80. The molecule has 0 unspecified atom stereocenters. The lowest BCUT2D eigenvalue weighted by Gasteiger charge is -2.22. The van der Waals surface area contributed by atoms with Crippen LogP contribution in [0.5, 0.6) is 17.2 Å². The Hall–Kier alpha value is -4.31. The van der Waals surface area contributed by atoms with Crippen molar-refractivity contribution in [1.29, 1.82) is 0 Å². The van der Waals surface area contributed by atoms with Crippen LogP contribution >= 0.6 is 0 Å². The first-order valence-corrected chi connectivity index (χ1v) is 12.3. The highest BCUT2D eigenvalue weighted by molar-refractivity contribution is 7.91. The molecule has 36 heavy (non-hydrogen) atoms. The first kappa shape index (κ1) is 24.8. The van der Waals surface area contributed by atoms with Crippen LogP contribution in [0.25, 0.3) is 0 Å². The van der Waals surface area contributed by atoms with Crippen LogP contribution in [-0.2, 0) is 16.4 Å². The van der Waals surface area contributed by atoms with E-state index in [9.17, 15) is 13.2 Å². The van der Waals surface area contributed by atoms with Crippen LogP contribution in [0.1, 0.15) is 16.1 Å². The summed E-state index contributed by atoms with van der Waals surface area (Å²) in [6.07, 6.45) is 1.55. The highest BCUT2D eigenvalue weighted by Crippen LogP contribution is 2.39. The lowest BCUT2D eigenvalue weighted by molar-refractivity contribution is 0.0952. The van der Waals surface area contributed by atoms with E-state index < -0.39 is 15.7 Å². The molecule has 186 valence electrons. The molecule has 4 rings (SSSR count). The summed E-state index contributed by atoms with van der Waals surface area (Å²) >= 11 is 0. The standard InChI is InChI=1S/C26H24N2O7S/c1-32-21-15-18(16-22(33-2)25(21)34-3)17-28(23-11-7-8-14-27-23)26(29)20-12-13-24(35-20)36(30,31)19-9-5-4-6-10-19/h4-16H,17H2,1-3H3. The van der Waals surface area contributed by atoms with Gasteiger partial charge in [-0.3, -0.25) is 9.69 Å². The summed E-state index contributed by atoms with van der Waals surface area (Å²) in [5.74, 6) is 0.893. The predicted octanol–water partition coefficient (Wildman–Crippen LogP) is 4.38. The molecule has 0 aliphatic rings. The minimum atomic E-state index is -3.93. The van der Waals surface area contributed by atoms with E-state index in [0.29, 0.717) is 28.6 Å². The number of rotatable bonds is 9. The number of nitrogens with zero attached hydrogens (tertiary/aromatic N) is 2. The number of carbonyl (C=O) groups excluding carboxylic acids is 1. The van der Waals surface area contributed by atoms with Crippen LogP contribution < -0.4 is 19.1 Å². The number of amides is 1. The number of pyridine rings is 1. The van der Waals surface area contributed by atoms with Crippen molar-refractivity contribution in [2.75, 3.05) is 26.2 Å². The van der Waals surface area contributed by atoms with Gasteiger partial charge in [-0.05, 0) is 54.1 Å². The summed E-state index contributed by atoms with van der Waals surface area (Å²) in [6.45, 7) is 0.0635. The van der Waals surface area contributed by atoms with E-state index in [1.807, 2.05) is 0 Å². The van der Waals surface area contributed by atoms with E-state index in [0.717, 1.165) is 0 Å². The average Bonchev–Trinajstić information content (AvgIpc) is 3.43.